The van der Waals surface area contributed by atoms with E-state index < -0.39 is 18.8 Å². The molecular weight excluding hydrogens is 235 g/mol. The summed E-state index contributed by atoms with van der Waals surface area (Å²) in [5.41, 5.74) is 7.38. The molecule has 0 aliphatic carbocycles. The van der Waals surface area contributed by atoms with Crippen LogP contribution in [0.3, 0.4) is 0 Å². The molecule has 18 heavy (non-hydrogen) atoms. The molecule has 6 heteroatoms. The lowest BCUT2D eigenvalue weighted by molar-refractivity contribution is 0.0721. The van der Waals surface area contributed by atoms with Crippen LogP contribution in [0, 0.1) is 0 Å². The van der Waals surface area contributed by atoms with Crippen molar-refractivity contribution < 1.29 is 9.13 Å². The van der Waals surface area contributed by atoms with Crippen LogP contribution >= 0.6 is 0 Å². The van der Waals surface area contributed by atoms with Gasteiger partial charge in [0.05, 0.1) is 17.8 Å². The van der Waals surface area contributed by atoms with E-state index in [-0.39, 0.29) is 0 Å². The Labute approximate surface area is 104 Å². The van der Waals surface area contributed by atoms with Crippen LogP contribution in [0.25, 0.3) is 5.69 Å². The highest BCUT2D eigenvalue weighted by Gasteiger charge is 2.19. The van der Waals surface area contributed by atoms with Gasteiger partial charge in [-0.3, -0.25) is 0 Å². The lowest BCUT2D eigenvalue weighted by Gasteiger charge is -2.20. The molecule has 2 N–H and O–H groups in total. The summed E-state index contributed by atoms with van der Waals surface area (Å²) in [6.45, 7) is -0.622. The van der Waals surface area contributed by atoms with E-state index >= 15 is 0 Å². The second kappa shape index (κ2) is 5.70. The number of methoxy groups -OCH3 is 1. The van der Waals surface area contributed by atoms with Gasteiger partial charge in [-0.1, -0.05) is 12.1 Å². The smallest absolute Gasteiger partial charge is 0.138 e. The molecular formula is C12H15FN4O. The minimum Gasteiger partial charge on any atom is -0.375 e. The van der Waals surface area contributed by atoms with E-state index in [9.17, 15) is 4.39 Å². The van der Waals surface area contributed by atoms with Gasteiger partial charge in [0.15, 0.2) is 0 Å². The number of hydrogen-bond acceptors (Lipinski definition) is 4. The summed E-state index contributed by atoms with van der Waals surface area (Å²) in [5.74, 6) is 0. The van der Waals surface area contributed by atoms with Gasteiger partial charge in [-0.2, -0.15) is 5.10 Å². The van der Waals surface area contributed by atoms with E-state index in [0.29, 0.717) is 0 Å². The summed E-state index contributed by atoms with van der Waals surface area (Å²) in [5, 5.41) is 4.02. The summed E-state index contributed by atoms with van der Waals surface area (Å²) in [6, 6.07) is 6.76. The number of halogens is 1. The van der Waals surface area contributed by atoms with Crippen molar-refractivity contribution >= 4 is 0 Å². The van der Waals surface area contributed by atoms with Crippen LogP contribution in [0.2, 0.25) is 0 Å². The van der Waals surface area contributed by atoms with Crippen LogP contribution in [-0.4, -0.2) is 34.6 Å². The molecule has 0 bridgehead atoms. The highest BCUT2D eigenvalue weighted by atomic mass is 19.1. The Morgan fingerprint density at radius 1 is 1.39 bits per heavy atom. The first-order valence-electron chi connectivity index (χ1n) is 5.55. The van der Waals surface area contributed by atoms with Crippen molar-refractivity contribution in [3.8, 4) is 5.69 Å². The first kappa shape index (κ1) is 12.7. The standard InChI is InChI=1S/C12H15FN4O/c1-18-12(11(14)6-13)9-2-4-10(5-3-9)17-8-15-7-16-17/h2-5,7-8,11-12H,6,14H2,1H3/t11-,12-/m1/s1. The summed E-state index contributed by atoms with van der Waals surface area (Å²) in [6.07, 6.45) is 2.63. The monoisotopic (exact) mass is 250 g/mol. The zero-order chi connectivity index (χ0) is 13.0. The van der Waals surface area contributed by atoms with E-state index in [1.165, 1.54) is 13.4 Å². The molecule has 1 aromatic heterocycles. The first-order chi connectivity index (χ1) is 8.76. The summed E-state index contributed by atoms with van der Waals surface area (Å²) < 4.78 is 19.4. The average Bonchev–Trinajstić information content (AvgIpc) is 2.94. The zero-order valence-corrected chi connectivity index (χ0v) is 10.0. The van der Waals surface area contributed by atoms with Crippen molar-refractivity contribution in [2.24, 2.45) is 5.73 Å². The third kappa shape index (κ3) is 2.55. The largest absolute Gasteiger partial charge is 0.375 e. The van der Waals surface area contributed by atoms with Gasteiger partial charge >= 0.3 is 0 Å². The molecule has 1 aromatic carbocycles. The Morgan fingerprint density at radius 3 is 2.61 bits per heavy atom. The molecule has 2 rings (SSSR count). The Morgan fingerprint density at radius 2 is 2.11 bits per heavy atom. The average molecular weight is 250 g/mol. The lowest BCUT2D eigenvalue weighted by Crippen LogP contribution is -2.31. The molecule has 0 saturated heterocycles. The number of aromatic nitrogens is 3. The molecule has 2 atom stereocenters. The zero-order valence-electron chi connectivity index (χ0n) is 10.0. The molecule has 0 radical (unpaired) electrons. The minimum absolute atomic E-state index is 0.445. The number of nitrogens with two attached hydrogens (primary N) is 1. The number of nitrogens with zero attached hydrogens (tertiary/aromatic N) is 3. The van der Waals surface area contributed by atoms with Crippen molar-refractivity contribution in [3.05, 3.63) is 42.5 Å². The normalized spacial score (nSPS) is 14.4. The third-order valence-electron chi connectivity index (χ3n) is 2.73. The fourth-order valence-electron chi connectivity index (χ4n) is 1.80. The molecule has 0 spiro atoms. The van der Waals surface area contributed by atoms with Crippen molar-refractivity contribution in [1.29, 1.82) is 0 Å². The van der Waals surface area contributed by atoms with E-state index in [1.54, 1.807) is 11.0 Å². The van der Waals surface area contributed by atoms with Gasteiger partial charge in [0.25, 0.3) is 0 Å². The molecule has 0 aliphatic heterocycles. The summed E-state index contributed by atoms with van der Waals surface area (Å²) in [7, 11) is 1.52. The van der Waals surface area contributed by atoms with Crippen LogP contribution in [0.1, 0.15) is 11.7 Å². The van der Waals surface area contributed by atoms with Crippen molar-refractivity contribution in [2.75, 3.05) is 13.8 Å². The van der Waals surface area contributed by atoms with Crippen LogP contribution in [-0.2, 0) is 4.74 Å². The topological polar surface area (TPSA) is 66.0 Å². The quantitative estimate of drug-likeness (QED) is 0.867. The molecule has 0 aliphatic rings. The maximum absolute atomic E-state index is 12.6. The Kier molecular flexibility index (Phi) is 4.01. The van der Waals surface area contributed by atoms with E-state index in [0.717, 1.165) is 11.3 Å². The molecule has 2 aromatic rings. The lowest BCUT2D eigenvalue weighted by atomic mass is 10.0. The maximum Gasteiger partial charge on any atom is 0.138 e. The number of ether oxygens (including phenoxy) is 1. The number of hydrogen-bond donors (Lipinski definition) is 1. The summed E-state index contributed by atoms with van der Waals surface area (Å²) in [4.78, 5) is 3.87. The first-order valence-corrected chi connectivity index (χ1v) is 5.55. The predicted molar refractivity (Wildman–Crippen MR) is 65.1 cm³/mol. The molecule has 0 amide bonds. The van der Waals surface area contributed by atoms with Gasteiger partial charge in [0, 0.05) is 7.11 Å². The highest BCUT2D eigenvalue weighted by molar-refractivity contribution is 5.34. The number of rotatable bonds is 5. The van der Waals surface area contributed by atoms with E-state index in [2.05, 4.69) is 10.1 Å². The molecule has 0 fully saturated rings. The van der Waals surface area contributed by atoms with Crippen molar-refractivity contribution in [2.45, 2.75) is 12.1 Å². The van der Waals surface area contributed by atoms with Gasteiger partial charge in [0.2, 0.25) is 0 Å². The Hall–Kier alpha value is -1.79. The van der Waals surface area contributed by atoms with Gasteiger partial charge in [0.1, 0.15) is 19.3 Å². The van der Waals surface area contributed by atoms with Gasteiger partial charge < -0.3 is 10.5 Å². The number of alkyl halides is 1. The van der Waals surface area contributed by atoms with E-state index in [4.69, 9.17) is 10.5 Å². The SMILES string of the molecule is CO[C@H](c1ccc(-n2cncn2)cc1)[C@H](N)CF. The van der Waals surface area contributed by atoms with Gasteiger partial charge in [-0.25, -0.2) is 14.1 Å². The van der Waals surface area contributed by atoms with E-state index in [1.807, 2.05) is 24.3 Å². The Bertz CT molecular complexity index is 471. The third-order valence-corrected chi connectivity index (χ3v) is 2.73. The fourth-order valence-corrected chi connectivity index (χ4v) is 1.80. The van der Waals surface area contributed by atoms with Gasteiger partial charge in [-0.05, 0) is 17.7 Å². The van der Waals surface area contributed by atoms with Crippen molar-refractivity contribution in [1.82, 2.24) is 14.8 Å². The fraction of sp³-hybridized carbons (Fsp3) is 0.333. The van der Waals surface area contributed by atoms with Crippen LogP contribution in [0.4, 0.5) is 4.39 Å². The molecule has 5 nitrogen and oxygen atoms in total. The highest BCUT2D eigenvalue weighted by Crippen LogP contribution is 2.21. The molecule has 0 unspecified atom stereocenters. The Balaban J connectivity index is 2.21. The second-order valence-electron chi connectivity index (χ2n) is 3.91. The summed E-state index contributed by atoms with van der Waals surface area (Å²) >= 11 is 0. The van der Waals surface area contributed by atoms with Crippen LogP contribution in [0.5, 0.6) is 0 Å². The molecule has 0 saturated carbocycles. The predicted octanol–water partition coefficient (Wildman–Crippen LogP) is 1.25. The number of benzene rings is 1. The molecule has 1 heterocycles. The van der Waals surface area contributed by atoms with Crippen molar-refractivity contribution in [3.63, 3.8) is 0 Å². The second-order valence-corrected chi connectivity index (χ2v) is 3.91. The van der Waals surface area contributed by atoms with Crippen LogP contribution in [0.15, 0.2) is 36.9 Å². The maximum atomic E-state index is 12.6. The van der Waals surface area contributed by atoms with Crippen LogP contribution < -0.4 is 5.73 Å². The molecule has 96 valence electrons. The van der Waals surface area contributed by atoms with Gasteiger partial charge in [-0.15, -0.1) is 0 Å². The minimum atomic E-state index is -0.660.